The summed E-state index contributed by atoms with van der Waals surface area (Å²) in [5, 5.41) is 0. The molecule has 0 radical (unpaired) electrons. The number of rotatable bonds is 5. The Kier molecular flexibility index (Phi) is 5.12. The predicted octanol–water partition coefficient (Wildman–Crippen LogP) is 3.29. The molecule has 1 unspecified atom stereocenters. The fourth-order valence-electron chi connectivity index (χ4n) is 5.14. The third-order valence-electron chi connectivity index (χ3n) is 6.55. The Morgan fingerprint density at radius 3 is 2.54 bits per heavy atom. The number of hydrogen-bond donors (Lipinski definition) is 0. The Bertz CT molecular complexity index is 680. The van der Waals surface area contributed by atoms with Crippen LogP contribution < -0.4 is 0 Å². The first-order chi connectivity index (χ1) is 12.7. The van der Waals surface area contributed by atoms with E-state index in [1.807, 2.05) is 12.1 Å². The zero-order valence-corrected chi connectivity index (χ0v) is 15.7. The number of amides is 2. The predicted molar refractivity (Wildman–Crippen MR) is 102 cm³/mol. The summed E-state index contributed by atoms with van der Waals surface area (Å²) in [4.78, 5) is 30.0. The summed E-state index contributed by atoms with van der Waals surface area (Å²) in [7, 11) is 0. The number of fused-ring (bicyclic) bond motifs is 2. The summed E-state index contributed by atoms with van der Waals surface area (Å²) in [5.74, 6) is 0.0947. The second kappa shape index (κ2) is 7.51. The highest BCUT2D eigenvalue weighted by molar-refractivity contribution is 6.09. The van der Waals surface area contributed by atoms with E-state index in [1.54, 1.807) is 4.90 Å². The molecule has 26 heavy (non-hydrogen) atoms. The van der Waals surface area contributed by atoms with Gasteiger partial charge in [0.25, 0.3) is 0 Å². The van der Waals surface area contributed by atoms with Gasteiger partial charge in [-0.3, -0.25) is 14.5 Å². The SMILES string of the molecule is O=C1CC2(CCCc3ccccc32)C(=O)N1CCCCN1CCCCC1. The van der Waals surface area contributed by atoms with E-state index in [2.05, 4.69) is 17.0 Å². The Morgan fingerprint density at radius 1 is 0.923 bits per heavy atom. The van der Waals surface area contributed by atoms with Gasteiger partial charge in [-0.1, -0.05) is 30.7 Å². The fourth-order valence-corrected chi connectivity index (χ4v) is 5.14. The molecule has 1 aromatic carbocycles. The maximum Gasteiger partial charge on any atom is 0.240 e. The molecule has 3 aliphatic rings. The molecule has 0 N–H and O–H groups in total. The van der Waals surface area contributed by atoms with Crippen LogP contribution in [0.3, 0.4) is 0 Å². The van der Waals surface area contributed by atoms with Crippen molar-refractivity contribution in [2.45, 2.75) is 63.2 Å². The van der Waals surface area contributed by atoms with Crippen LogP contribution in [0.1, 0.15) is 62.5 Å². The Morgan fingerprint density at radius 2 is 1.69 bits per heavy atom. The minimum atomic E-state index is -0.571. The molecule has 4 rings (SSSR count). The van der Waals surface area contributed by atoms with E-state index >= 15 is 0 Å². The molecular formula is C22H30N2O2. The number of carbonyl (C=O) groups excluding carboxylic acids is 2. The summed E-state index contributed by atoms with van der Waals surface area (Å²) < 4.78 is 0. The Balaban J connectivity index is 1.39. The molecule has 2 aliphatic heterocycles. The molecule has 4 heteroatoms. The topological polar surface area (TPSA) is 40.6 Å². The fraction of sp³-hybridized carbons (Fsp3) is 0.636. The minimum absolute atomic E-state index is 0.0321. The number of aryl methyl sites for hydroxylation is 1. The first kappa shape index (κ1) is 17.7. The van der Waals surface area contributed by atoms with Crippen molar-refractivity contribution in [3.8, 4) is 0 Å². The number of hydrogen-bond acceptors (Lipinski definition) is 3. The van der Waals surface area contributed by atoms with Crippen LogP contribution in [0.25, 0.3) is 0 Å². The molecule has 2 fully saturated rings. The van der Waals surface area contributed by atoms with Crippen molar-refractivity contribution in [3.63, 3.8) is 0 Å². The van der Waals surface area contributed by atoms with Crippen molar-refractivity contribution in [3.05, 3.63) is 35.4 Å². The molecule has 1 atom stereocenters. The molecule has 0 bridgehead atoms. The summed E-state index contributed by atoms with van der Waals surface area (Å²) in [6.07, 6.45) is 9.18. The van der Waals surface area contributed by atoms with Crippen molar-refractivity contribution < 1.29 is 9.59 Å². The molecule has 1 aliphatic carbocycles. The van der Waals surface area contributed by atoms with Gasteiger partial charge in [-0.05, 0) is 75.7 Å². The van der Waals surface area contributed by atoms with Crippen LogP contribution in [0, 0.1) is 0 Å². The van der Waals surface area contributed by atoms with E-state index in [0.717, 1.165) is 44.2 Å². The second-order valence-electron chi connectivity index (χ2n) is 8.23. The summed E-state index contributed by atoms with van der Waals surface area (Å²) in [5.41, 5.74) is 1.80. The molecule has 4 nitrogen and oxygen atoms in total. The van der Waals surface area contributed by atoms with Crippen LogP contribution in [-0.2, 0) is 21.4 Å². The van der Waals surface area contributed by atoms with Crippen LogP contribution in [0.4, 0.5) is 0 Å². The molecule has 2 amide bonds. The van der Waals surface area contributed by atoms with Gasteiger partial charge in [0.05, 0.1) is 5.41 Å². The number of likely N-dealkylation sites (tertiary alicyclic amines) is 2. The lowest BCUT2D eigenvalue weighted by atomic mass is 9.69. The molecule has 2 saturated heterocycles. The van der Waals surface area contributed by atoms with Crippen molar-refractivity contribution in [1.82, 2.24) is 9.80 Å². The number of benzene rings is 1. The van der Waals surface area contributed by atoms with E-state index < -0.39 is 5.41 Å². The Labute approximate surface area is 156 Å². The zero-order valence-electron chi connectivity index (χ0n) is 15.7. The number of imide groups is 1. The van der Waals surface area contributed by atoms with Gasteiger partial charge in [-0.2, -0.15) is 0 Å². The highest BCUT2D eigenvalue weighted by atomic mass is 16.2. The third-order valence-corrected chi connectivity index (χ3v) is 6.55. The van der Waals surface area contributed by atoms with Gasteiger partial charge < -0.3 is 4.90 Å². The first-order valence-electron chi connectivity index (χ1n) is 10.4. The largest absolute Gasteiger partial charge is 0.303 e. The summed E-state index contributed by atoms with van der Waals surface area (Å²) >= 11 is 0. The smallest absolute Gasteiger partial charge is 0.240 e. The van der Waals surface area contributed by atoms with Gasteiger partial charge in [0.1, 0.15) is 0 Å². The molecule has 2 heterocycles. The third kappa shape index (κ3) is 3.20. The quantitative estimate of drug-likeness (QED) is 0.602. The summed E-state index contributed by atoms with van der Waals surface area (Å²) in [6, 6.07) is 8.23. The first-order valence-corrected chi connectivity index (χ1v) is 10.4. The minimum Gasteiger partial charge on any atom is -0.303 e. The van der Waals surface area contributed by atoms with Gasteiger partial charge in [0, 0.05) is 13.0 Å². The van der Waals surface area contributed by atoms with Crippen LogP contribution in [0.15, 0.2) is 24.3 Å². The lowest BCUT2D eigenvalue weighted by molar-refractivity contribution is -0.140. The number of nitrogens with zero attached hydrogens (tertiary/aromatic N) is 2. The number of piperidine rings is 1. The van der Waals surface area contributed by atoms with Crippen molar-refractivity contribution in [2.24, 2.45) is 0 Å². The van der Waals surface area contributed by atoms with E-state index in [4.69, 9.17) is 0 Å². The maximum absolute atomic E-state index is 13.2. The van der Waals surface area contributed by atoms with Crippen molar-refractivity contribution >= 4 is 11.8 Å². The van der Waals surface area contributed by atoms with Crippen molar-refractivity contribution in [2.75, 3.05) is 26.2 Å². The zero-order chi connectivity index (χ0) is 18.0. The number of unbranched alkanes of at least 4 members (excludes halogenated alkanes) is 1. The van der Waals surface area contributed by atoms with Crippen LogP contribution >= 0.6 is 0 Å². The molecular weight excluding hydrogens is 324 g/mol. The second-order valence-corrected chi connectivity index (χ2v) is 8.23. The van der Waals surface area contributed by atoms with Gasteiger partial charge in [-0.15, -0.1) is 0 Å². The maximum atomic E-state index is 13.2. The molecule has 0 saturated carbocycles. The average Bonchev–Trinajstić information content (AvgIpc) is 2.91. The van der Waals surface area contributed by atoms with E-state index in [-0.39, 0.29) is 11.8 Å². The van der Waals surface area contributed by atoms with Crippen LogP contribution in [0.2, 0.25) is 0 Å². The van der Waals surface area contributed by atoms with Crippen molar-refractivity contribution in [1.29, 1.82) is 0 Å². The molecule has 140 valence electrons. The van der Waals surface area contributed by atoms with Gasteiger partial charge in [-0.25, -0.2) is 0 Å². The average molecular weight is 354 g/mol. The van der Waals surface area contributed by atoms with E-state index in [9.17, 15) is 9.59 Å². The lowest BCUT2D eigenvalue weighted by Gasteiger charge is -2.33. The summed E-state index contributed by atoms with van der Waals surface area (Å²) in [6.45, 7) is 4.11. The highest BCUT2D eigenvalue weighted by Crippen LogP contribution is 2.45. The van der Waals surface area contributed by atoms with Crippen LogP contribution in [0.5, 0.6) is 0 Å². The highest BCUT2D eigenvalue weighted by Gasteiger charge is 2.53. The Hall–Kier alpha value is -1.68. The normalized spacial score (nSPS) is 26.5. The van der Waals surface area contributed by atoms with Gasteiger partial charge >= 0.3 is 0 Å². The molecule has 0 aromatic heterocycles. The number of carbonyl (C=O) groups is 2. The van der Waals surface area contributed by atoms with E-state index in [1.165, 1.54) is 37.9 Å². The van der Waals surface area contributed by atoms with Gasteiger partial charge in [0.2, 0.25) is 11.8 Å². The monoisotopic (exact) mass is 354 g/mol. The molecule has 1 spiro atoms. The lowest BCUT2D eigenvalue weighted by Crippen LogP contribution is -2.41. The standard InChI is InChI=1S/C22H30N2O2/c25-20-17-22(12-8-10-18-9-2-3-11-19(18)22)21(26)24(20)16-7-6-15-23-13-4-1-5-14-23/h2-3,9,11H,1,4-8,10,12-17H2. The van der Waals surface area contributed by atoms with Crippen LogP contribution in [-0.4, -0.2) is 47.8 Å². The van der Waals surface area contributed by atoms with Gasteiger partial charge in [0.15, 0.2) is 0 Å². The van der Waals surface area contributed by atoms with E-state index in [0.29, 0.717) is 13.0 Å². The molecule has 1 aromatic rings.